The quantitative estimate of drug-likeness (QED) is 0.909. The van der Waals surface area contributed by atoms with Gasteiger partial charge in [-0.25, -0.2) is 4.68 Å². The zero-order valence-corrected chi connectivity index (χ0v) is 12.3. The van der Waals surface area contributed by atoms with Crippen molar-refractivity contribution >= 4 is 11.7 Å². The van der Waals surface area contributed by atoms with Crippen LogP contribution in [0.4, 0.5) is 5.82 Å². The summed E-state index contributed by atoms with van der Waals surface area (Å²) >= 11 is 0. The molecule has 110 valence electrons. The maximum atomic E-state index is 12.6. The first-order chi connectivity index (χ1) is 10.2. The Hall–Kier alpha value is -2.14. The lowest BCUT2D eigenvalue weighted by Gasteiger charge is -2.26. The van der Waals surface area contributed by atoms with E-state index in [0.717, 1.165) is 24.3 Å². The van der Waals surface area contributed by atoms with Crippen LogP contribution in [0.3, 0.4) is 0 Å². The van der Waals surface area contributed by atoms with E-state index in [-0.39, 0.29) is 18.0 Å². The Bertz CT molecular complexity index is 647. The van der Waals surface area contributed by atoms with Crippen LogP contribution < -0.4 is 10.6 Å². The third-order valence-electron chi connectivity index (χ3n) is 3.78. The number of anilines is 1. The van der Waals surface area contributed by atoms with Gasteiger partial charge in [0.15, 0.2) is 0 Å². The van der Waals surface area contributed by atoms with Crippen LogP contribution in [0.15, 0.2) is 36.5 Å². The van der Waals surface area contributed by atoms with Crippen molar-refractivity contribution < 1.29 is 4.79 Å². The number of hydrogen-bond acceptors (Lipinski definition) is 3. The van der Waals surface area contributed by atoms with Crippen molar-refractivity contribution in [1.29, 1.82) is 0 Å². The summed E-state index contributed by atoms with van der Waals surface area (Å²) < 4.78 is 1.81. The highest BCUT2D eigenvalue weighted by Gasteiger charge is 2.26. The number of hydrogen-bond donors (Lipinski definition) is 2. The summed E-state index contributed by atoms with van der Waals surface area (Å²) in [6, 6.07) is 9.84. The Kier molecular flexibility index (Phi) is 3.75. The van der Waals surface area contributed by atoms with Crippen LogP contribution >= 0.6 is 0 Å². The van der Waals surface area contributed by atoms with Gasteiger partial charge in [-0.15, -0.1) is 0 Å². The number of carbonyl (C=O) groups excluding carboxylic acids is 1. The average Bonchev–Trinajstić information content (AvgIpc) is 2.95. The minimum Gasteiger partial charge on any atom is -0.309 e. The van der Waals surface area contributed by atoms with Crippen molar-refractivity contribution in [3.8, 4) is 0 Å². The molecule has 0 fully saturated rings. The highest BCUT2D eigenvalue weighted by Crippen LogP contribution is 2.24. The Morgan fingerprint density at radius 2 is 2.19 bits per heavy atom. The van der Waals surface area contributed by atoms with Crippen molar-refractivity contribution in [2.45, 2.75) is 32.4 Å². The van der Waals surface area contributed by atoms with Gasteiger partial charge in [0.25, 0.3) is 0 Å². The van der Waals surface area contributed by atoms with Crippen LogP contribution in [-0.4, -0.2) is 22.2 Å². The lowest BCUT2D eigenvalue weighted by Crippen LogP contribution is -2.38. The average molecular weight is 284 g/mol. The first-order valence-electron chi connectivity index (χ1n) is 7.32. The Morgan fingerprint density at radius 3 is 3.00 bits per heavy atom. The molecule has 2 heterocycles. The Balaban J connectivity index is 1.82. The molecule has 0 aliphatic carbocycles. The van der Waals surface area contributed by atoms with Crippen molar-refractivity contribution in [3.05, 3.63) is 47.7 Å². The van der Waals surface area contributed by atoms with Gasteiger partial charge in [0.1, 0.15) is 11.9 Å². The second-order valence-corrected chi connectivity index (χ2v) is 5.58. The van der Waals surface area contributed by atoms with Gasteiger partial charge < -0.3 is 10.6 Å². The van der Waals surface area contributed by atoms with Crippen molar-refractivity contribution in [2.24, 2.45) is 0 Å². The lowest BCUT2D eigenvalue weighted by atomic mass is 9.94. The molecule has 5 heteroatoms. The number of aromatic nitrogens is 2. The number of rotatable bonds is 3. The summed E-state index contributed by atoms with van der Waals surface area (Å²) in [4.78, 5) is 12.6. The third kappa shape index (κ3) is 2.69. The summed E-state index contributed by atoms with van der Waals surface area (Å²) in [7, 11) is 0. The molecule has 1 aliphatic rings. The first kappa shape index (κ1) is 13.8. The van der Waals surface area contributed by atoms with Crippen molar-refractivity contribution in [2.75, 3.05) is 11.9 Å². The molecule has 1 aromatic heterocycles. The van der Waals surface area contributed by atoms with Crippen molar-refractivity contribution in [3.63, 3.8) is 0 Å². The van der Waals surface area contributed by atoms with E-state index < -0.39 is 0 Å². The summed E-state index contributed by atoms with van der Waals surface area (Å²) in [5, 5.41) is 10.5. The number of nitrogens with one attached hydrogen (secondary N) is 2. The molecule has 0 saturated carbocycles. The minimum atomic E-state index is -0.300. The van der Waals surface area contributed by atoms with Gasteiger partial charge in [-0.3, -0.25) is 4.79 Å². The predicted molar refractivity (Wildman–Crippen MR) is 82.1 cm³/mol. The molecular weight excluding hydrogens is 264 g/mol. The van der Waals surface area contributed by atoms with Crippen molar-refractivity contribution in [1.82, 2.24) is 15.1 Å². The van der Waals surface area contributed by atoms with Crippen LogP contribution in [0.25, 0.3) is 0 Å². The molecule has 1 aromatic carbocycles. The van der Waals surface area contributed by atoms with Gasteiger partial charge in [0.05, 0.1) is 6.20 Å². The van der Waals surface area contributed by atoms with Crippen LogP contribution in [0.1, 0.15) is 37.1 Å². The van der Waals surface area contributed by atoms with Gasteiger partial charge >= 0.3 is 0 Å². The number of fused-ring (bicyclic) bond motifs is 1. The summed E-state index contributed by atoms with van der Waals surface area (Å²) in [5.41, 5.74) is 2.31. The molecule has 0 saturated heterocycles. The van der Waals surface area contributed by atoms with Gasteiger partial charge in [0, 0.05) is 18.7 Å². The molecule has 1 atom stereocenters. The standard InChI is InChI=1S/C16H20N4O/c1-11(2)20-14(8-10-18-20)19-16(21)15-13-6-4-3-5-12(13)7-9-17-15/h3-6,8,10-11,15,17H,7,9H2,1-2H3,(H,19,21). The zero-order chi connectivity index (χ0) is 14.8. The second-order valence-electron chi connectivity index (χ2n) is 5.58. The smallest absolute Gasteiger partial charge is 0.247 e. The Morgan fingerprint density at radius 1 is 1.38 bits per heavy atom. The number of amides is 1. The monoisotopic (exact) mass is 284 g/mol. The van der Waals surface area contributed by atoms with E-state index in [2.05, 4.69) is 21.8 Å². The van der Waals surface area contributed by atoms with E-state index in [1.807, 2.05) is 42.8 Å². The summed E-state index contributed by atoms with van der Waals surface area (Å²) in [6.45, 7) is 4.90. The SMILES string of the molecule is CC(C)n1nccc1NC(=O)C1NCCc2ccccc21. The fraction of sp³-hybridized carbons (Fsp3) is 0.375. The van der Waals surface area contributed by atoms with Gasteiger partial charge in [-0.1, -0.05) is 24.3 Å². The number of carbonyl (C=O) groups is 1. The van der Waals surface area contributed by atoms with Gasteiger partial charge in [-0.2, -0.15) is 5.10 Å². The zero-order valence-electron chi connectivity index (χ0n) is 12.3. The first-order valence-corrected chi connectivity index (χ1v) is 7.32. The fourth-order valence-electron chi connectivity index (χ4n) is 2.76. The summed E-state index contributed by atoms with van der Waals surface area (Å²) in [6.07, 6.45) is 2.67. The molecule has 2 N–H and O–H groups in total. The molecule has 0 radical (unpaired) electrons. The van der Waals surface area contributed by atoms with E-state index in [4.69, 9.17) is 0 Å². The molecule has 1 unspecified atom stereocenters. The van der Waals surface area contributed by atoms with E-state index in [1.54, 1.807) is 6.20 Å². The van der Waals surface area contributed by atoms with E-state index in [1.165, 1.54) is 5.56 Å². The van der Waals surface area contributed by atoms with E-state index >= 15 is 0 Å². The van der Waals surface area contributed by atoms with Gasteiger partial charge in [0.2, 0.25) is 5.91 Å². The maximum Gasteiger partial charge on any atom is 0.247 e. The van der Waals surface area contributed by atoms with Crippen LogP contribution in [0.2, 0.25) is 0 Å². The predicted octanol–water partition coefficient (Wildman–Crippen LogP) is 2.29. The molecule has 1 amide bonds. The van der Waals surface area contributed by atoms with Crippen LogP contribution in [0, 0.1) is 0 Å². The molecule has 21 heavy (non-hydrogen) atoms. The molecule has 1 aliphatic heterocycles. The molecule has 0 spiro atoms. The number of benzene rings is 1. The molecular formula is C16H20N4O. The maximum absolute atomic E-state index is 12.6. The topological polar surface area (TPSA) is 59.0 Å². The molecule has 5 nitrogen and oxygen atoms in total. The number of nitrogens with zero attached hydrogens (tertiary/aromatic N) is 2. The molecule has 3 rings (SSSR count). The summed E-state index contributed by atoms with van der Waals surface area (Å²) in [5.74, 6) is 0.699. The second kappa shape index (κ2) is 5.69. The third-order valence-corrected chi connectivity index (χ3v) is 3.78. The largest absolute Gasteiger partial charge is 0.309 e. The van der Waals surface area contributed by atoms with E-state index in [0.29, 0.717) is 0 Å². The lowest BCUT2D eigenvalue weighted by molar-refractivity contribution is -0.118. The normalized spacial score (nSPS) is 17.6. The molecule has 2 aromatic rings. The highest BCUT2D eigenvalue weighted by atomic mass is 16.2. The van der Waals surface area contributed by atoms with Crippen LogP contribution in [0.5, 0.6) is 0 Å². The van der Waals surface area contributed by atoms with E-state index in [9.17, 15) is 4.79 Å². The highest BCUT2D eigenvalue weighted by molar-refractivity contribution is 5.95. The fourth-order valence-corrected chi connectivity index (χ4v) is 2.76. The molecule has 0 bridgehead atoms. The Labute approximate surface area is 124 Å². The minimum absolute atomic E-state index is 0.0375. The van der Waals surface area contributed by atoms with Crippen LogP contribution in [-0.2, 0) is 11.2 Å². The van der Waals surface area contributed by atoms with Gasteiger partial charge in [-0.05, 0) is 31.4 Å².